The third kappa shape index (κ3) is 1.15. The predicted molar refractivity (Wildman–Crippen MR) is 55.6 cm³/mol. The molecule has 0 heterocycles. The molecule has 0 saturated heterocycles. The maximum Gasteiger partial charge on any atom is 0.147 e. The summed E-state index contributed by atoms with van der Waals surface area (Å²) in [5.74, 6) is 0. The van der Waals surface area contributed by atoms with Crippen LogP contribution in [0.15, 0.2) is 12.7 Å². The van der Waals surface area contributed by atoms with Crippen LogP contribution in [-0.2, 0) is 0 Å². The van der Waals surface area contributed by atoms with Crippen LogP contribution in [0, 0.1) is 12.0 Å². The summed E-state index contributed by atoms with van der Waals surface area (Å²) in [5.41, 5.74) is 5.14. The highest BCUT2D eigenvalue weighted by molar-refractivity contribution is 6.91. The van der Waals surface area contributed by atoms with Gasteiger partial charge in [0.25, 0.3) is 0 Å². The molecule has 64 valence electrons. The van der Waals surface area contributed by atoms with E-state index in [1.165, 1.54) is 31.7 Å². The van der Waals surface area contributed by atoms with E-state index in [1.807, 2.05) is 0 Å². The summed E-state index contributed by atoms with van der Waals surface area (Å²) in [4.78, 5) is 0. The number of rotatable bonds is 4. The quantitative estimate of drug-likeness (QED) is 0.351. The Balaban J connectivity index is 2.16. The van der Waals surface area contributed by atoms with Gasteiger partial charge in [0.05, 0.1) is 0 Å². The lowest BCUT2D eigenvalue weighted by Gasteiger charge is -2.23. The Hall–Kier alpha value is -0.483. The van der Waals surface area contributed by atoms with Crippen LogP contribution in [0.25, 0.3) is 0 Å². The first-order chi connectivity index (χ1) is 5.83. The van der Waals surface area contributed by atoms with Gasteiger partial charge in [-0.1, -0.05) is 31.8 Å². The molecule has 1 heteroatoms. The lowest BCUT2D eigenvalue weighted by atomic mass is 10.8. The van der Waals surface area contributed by atoms with Crippen molar-refractivity contribution in [3.05, 3.63) is 12.7 Å². The van der Waals surface area contributed by atoms with Crippen LogP contribution in [0.1, 0.15) is 25.7 Å². The topological polar surface area (TPSA) is 0 Å². The fourth-order valence-electron chi connectivity index (χ4n) is 2.40. The molecule has 0 N–H and O–H groups in total. The van der Waals surface area contributed by atoms with E-state index in [-0.39, 0.29) is 0 Å². The summed E-state index contributed by atoms with van der Waals surface area (Å²) in [5, 5.41) is 0. The number of allylic oxidation sites excluding steroid dienone is 1. The van der Waals surface area contributed by atoms with Crippen molar-refractivity contribution in [2.45, 2.75) is 42.8 Å². The number of hydrogen-bond donors (Lipinski definition) is 0. The molecule has 0 aromatic rings. The largest absolute Gasteiger partial charge is 0.147 e. The third-order valence-corrected chi connectivity index (χ3v) is 8.93. The second-order valence-corrected chi connectivity index (χ2v) is 8.64. The van der Waals surface area contributed by atoms with Gasteiger partial charge in [-0.15, -0.1) is 18.5 Å². The summed E-state index contributed by atoms with van der Waals surface area (Å²) in [6.45, 7) is 3.85. The third-order valence-electron chi connectivity index (χ3n) is 3.36. The molecule has 0 aromatic heterocycles. The van der Waals surface area contributed by atoms with Crippen LogP contribution in [0.4, 0.5) is 0 Å². The predicted octanol–water partition coefficient (Wildman–Crippen LogP) is 3.12. The van der Waals surface area contributed by atoms with E-state index in [4.69, 9.17) is 6.42 Å². The zero-order valence-corrected chi connectivity index (χ0v) is 8.55. The van der Waals surface area contributed by atoms with Crippen molar-refractivity contribution in [1.82, 2.24) is 0 Å². The highest BCUT2D eigenvalue weighted by Crippen LogP contribution is 2.59. The minimum atomic E-state index is -1.29. The Kier molecular flexibility index (Phi) is 1.88. The van der Waals surface area contributed by atoms with Gasteiger partial charge >= 0.3 is 0 Å². The summed E-state index contributed by atoms with van der Waals surface area (Å²) in [6.07, 6.45) is 13.5. The summed E-state index contributed by atoms with van der Waals surface area (Å²) in [7, 11) is -1.29. The molecule has 2 saturated carbocycles. The van der Waals surface area contributed by atoms with E-state index < -0.39 is 8.07 Å². The minimum Gasteiger partial charge on any atom is -0.134 e. The molecule has 0 amide bonds. The SMILES string of the molecule is C#C[Si](CC=C)(C1CC1)C1CC1. The summed E-state index contributed by atoms with van der Waals surface area (Å²) in [6, 6.07) is 1.18. The molecule has 0 aliphatic heterocycles. The van der Waals surface area contributed by atoms with Crippen LogP contribution < -0.4 is 0 Å². The molecule has 2 rings (SSSR count). The van der Waals surface area contributed by atoms with Crippen molar-refractivity contribution in [2.75, 3.05) is 0 Å². The Morgan fingerprint density at radius 3 is 2.08 bits per heavy atom. The molecular formula is C11H16Si. The van der Waals surface area contributed by atoms with Crippen molar-refractivity contribution < 1.29 is 0 Å². The number of hydrogen-bond acceptors (Lipinski definition) is 0. The Labute approximate surface area is 76.1 Å². The van der Waals surface area contributed by atoms with Gasteiger partial charge in [0, 0.05) is 0 Å². The van der Waals surface area contributed by atoms with E-state index in [0.717, 1.165) is 11.1 Å². The molecular weight excluding hydrogens is 160 g/mol. The average molecular weight is 176 g/mol. The fourth-order valence-corrected chi connectivity index (χ4v) is 7.19. The Bertz CT molecular complexity index is 216. The van der Waals surface area contributed by atoms with Gasteiger partial charge < -0.3 is 0 Å². The van der Waals surface area contributed by atoms with Crippen molar-refractivity contribution >= 4 is 8.07 Å². The molecule has 0 bridgehead atoms. The normalized spacial score (nSPS) is 23.2. The van der Waals surface area contributed by atoms with Crippen molar-refractivity contribution in [3.8, 4) is 12.0 Å². The molecule has 2 aliphatic rings. The Morgan fingerprint density at radius 2 is 1.83 bits per heavy atom. The van der Waals surface area contributed by atoms with Gasteiger partial charge in [0.1, 0.15) is 8.07 Å². The highest BCUT2D eigenvalue weighted by Gasteiger charge is 2.54. The van der Waals surface area contributed by atoms with E-state index in [9.17, 15) is 0 Å². The standard InChI is InChI=1S/C11H16Si/c1-3-9-12(4-2,10-5-6-10)11-7-8-11/h2-3,10-11H,1,5-9H2. The molecule has 2 aliphatic carbocycles. The van der Waals surface area contributed by atoms with Crippen molar-refractivity contribution in [3.63, 3.8) is 0 Å². The molecule has 0 unspecified atom stereocenters. The minimum absolute atomic E-state index is 0.966. The molecule has 0 nitrogen and oxygen atoms in total. The van der Waals surface area contributed by atoms with E-state index in [0.29, 0.717) is 0 Å². The van der Waals surface area contributed by atoms with E-state index in [1.54, 1.807) is 0 Å². The van der Waals surface area contributed by atoms with Crippen LogP contribution in [0.5, 0.6) is 0 Å². The van der Waals surface area contributed by atoms with Gasteiger partial charge in [-0.05, 0) is 17.1 Å². The second-order valence-electron chi connectivity index (χ2n) is 4.23. The zero-order valence-electron chi connectivity index (χ0n) is 7.55. The summed E-state index contributed by atoms with van der Waals surface area (Å²) < 4.78 is 0. The second kappa shape index (κ2) is 2.78. The maximum absolute atomic E-state index is 5.74. The monoisotopic (exact) mass is 176 g/mol. The molecule has 0 aromatic carbocycles. The Morgan fingerprint density at radius 1 is 1.33 bits per heavy atom. The summed E-state index contributed by atoms with van der Waals surface area (Å²) >= 11 is 0. The van der Waals surface area contributed by atoms with Gasteiger partial charge in [-0.2, -0.15) is 0 Å². The molecule has 2 fully saturated rings. The first-order valence-corrected chi connectivity index (χ1v) is 7.28. The van der Waals surface area contributed by atoms with Gasteiger partial charge in [-0.3, -0.25) is 0 Å². The number of terminal acetylenes is 1. The van der Waals surface area contributed by atoms with Crippen LogP contribution in [0.3, 0.4) is 0 Å². The van der Waals surface area contributed by atoms with Gasteiger partial charge in [0.2, 0.25) is 0 Å². The van der Waals surface area contributed by atoms with Gasteiger partial charge in [0.15, 0.2) is 0 Å². The zero-order chi connectivity index (χ0) is 8.60. The van der Waals surface area contributed by atoms with Crippen molar-refractivity contribution in [2.24, 2.45) is 0 Å². The average Bonchev–Trinajstić information content (AvgIpc) is 2.88. The fraction of sp³-hybridized carbons (Fsp3) is 0.636. The highest BCUT2D eigenvalue weighted by atomic mass is 28.3. The molecule has 0 spiro atoms. The van der Waals surface area contributed by atoms with Crippen LogP contribution >= 0.6 is 0 Å². The van der Waals surface area contributed by atoms with E-state index >= 15 is 0 Å². The first kappa shape index (κ1) is 8.13. The molecule has 0 radical (unpaired) electrons. The lowest BCUT2D eigenvalue weighted by Crippen LogP contribution is -2.33. The van der Waals surface area contributed by atoms with E-state index in [2.05, 4.69) is 18.2 Å². The van der Waals surface area contributed by atoms with Gasteiger partial charge in [-0.25, -0.2) is 0 Å². The molecule has 0 atom stereocenters. The molecule has 12 heavy (non-hydrogen) atoms. The van der Waals surface area contributed by atoms with Crippen LogP contribution in [0.2, 0.25) is 17.1 Å². The van der Waals surface area contributed by atoms with Crippen LogP contribution in [-0.4, -0.2) is 8.07 Å². The smallest absolute Gasteiger partial charge is 0.134 e. The van der Waals surface area contributed by atoms with Crippen molar-refractivity contribution in [1.29, 1.82) is 0 Å². The maximum atomic E-state index is 5.74. The lowest BCUT2D eigenvalue weighted by molar-refractivity contribution is 1.20. The first-order valence-electron chi connectivity index (χ1n) is 4.92.